The second kappa shape index (κ2) is 9.08. The van der Waals surface area contributed by atoms with Crippen LogP contribution in [0.4, 0.5) is 0 Å². The zero-order chi connectivity index (χ0) is 20.1. The molecule has 3 rings (SSSR count). The van der Waals surface area contributed by atoms with Crippen LogP contribution in [-0.4, -0.2) is 29.5 Å². The predicted molar refractivity (Wildman–Crippen MR) is 116 cm³/mol. The van der Waals surface area contributed by atoms with Crippen LogP contribution < -0.4 is 10.2 Å². The van der Waals surface area contributed by atoms with Gasteiger partial charge < -0.3 is 4.74 Å². The number of benzene rings is 2. The second-order valence-electron chi connectivity index (χ2n) is 6.23. The lowest BCUT2D eigenvalue weighted by Gasteiger charge is -2.09. The molecule has 0 saturated carbocycles. The number of thioether (sulfide) groups is 1. The molecule has 1 heterocycles. The molecule has 0 saturated heterocycles. The van der Waals surface area contributed by atoms with Crippen LogP contribution in [0.25, 0.3) is 10.9 Å². The minimum Gasteiger partial charge on any atom is -0.497 e. The number of carbonyl (C=O) groups is 1. The van der Waals surface area contributed by atoms with Gasteiger partial charge in [-0.05, 0) is 44.2 Å². The van der Waals surface area contributed by atoms with Crippen LogP contribution in [0.2, 0.25) is 5.15 Å². The number of amides is 1. The number of aryl methyl sites for hydroxylation is 1. The molecule has 5 nitrogen and oxygen atoms in total. The summed E-state index contributed by atoms with van der Waals surface area (Å²) in [5.41, 5.74) is 5.10. The van der Waals surface area contributed by atoms with Crippen molar-refractivity contribution in [1.82, 2.24) is 10.4 Å². The Labute approximate surface area is 173 Å². The number of hydrogen-bond acceptors (Lipinski definition) is 5. The van der Waals surface area contributed by atoms with E-state index in [4.69, 9.17) is 16.3 Å². The van der Waals surface area contributed by atoms with E-state index < -0.39 is 0 Å². The van der Waals surface area contributed by atoms with Crippen LogP contribution in [0, 0.1) is 6.92 Å². The summed E-state index contributed by atoms with van der Waals surface area (Å²) in [6.07, 6.45) is 1.50. The molecule has 1 amide bonds. The molecule has 2 aromatic carbocycles. The van der Waals surface area contributed by atoms with Crippen LogP contribution in [0.15, 0.2) is 58.5 Å². The van der Waals surface area contributed by atoms with Crippen molar-refractivity contribution < 1.29 is 9.53 Å². The zero-order valence-electron chi connectivity index (χ0n) is 15.8. The van der Waals surface area contributed by atoms with E-state index in [0.717, 1.165) is 15.8 Å². The largest absolute Gasteiger partial charge is 0.497 e. The first kappa shape index (κ1) is 20.2. The van der Waals surface area contributed by atoms with Crippen molar-refractivity contribution in [2.75, 3.05) is 7.11 Å². The molecule has 0 aliphatic carbocycles. The standard InChI is InChI=1S/C21H20ClN3O2S/c1-13-4-8-18(9-5-13)28-14(2)21(26)25-23-12-16-10-15-6-7-17(27-3)11-19(15)24-20(16)22/h4-12,14H,1-3H3,(H,25,26)/b23-12-/t14-/m0/s1. The summed E-state index contributed by atoms with van der Waals surface area (Å²) in [6, 6.07) is 15.5. The molecule has 1 aromatic heterocycles. The number of methoxy groups -OCH3 is 1. The number of fused-ring (bicyclic) bond motifs is 1. The van der Waals surface area contributed by atoms with E-state index in [1.54, 1.807) is 7.11 Å². The Morgan fingerprint density at radius 2 is 2.00 bits per heavy atom. The quantitative estimate of drug-likeness (QED) is 0.272. The molecule has 1 atom stereocenters. The highest BCUT2D eigenvalue weighted by molar-refractivity contribution is 8.00. The average molecular weight is 414 g/mol. The number of rotatable bonds is 6. The third kappa shape index (κ3) is 5.03. The van der Waals surface area contributed by atoms with E-state index in [-0.39, 0.29) is 11.2 Å². The molecule has 3 aromatic rings. The molecule has 144 valence electrons. The smallest absolute Gasteiger partial charge is 0.253 e. The fourth-order valence-electron chi connectivity index (χ4n) is 2.49. The van der Waals surface area contributed by atoms with Gasteiger partial charge in [0.05, 0.1) is 24.1 Å². The van der Waals surface area contributed by atoms with E-state index in [2.05, 4.69) is 15.5 Å². The minimum atomic E-state index is -0.280. The van der Waals surface area contributed by atoms with Gasteiger partial charge in [-0.15, -0.1) is 11.8 Å². The summed E-state index contributed by atoms with van der Waals surface area (Å²) in [7, 11) is 1.60. The summed E-state index contributed by atoms with van der Waals surface area (Å²) in [5.74, 6) is 0.529. The zero-order valence-corrected chi connectivity index (χ0v) is 17.3. The number of hydrazone groups is 1. The number of hydrogen-bond donors (Lipinski definition) is 1. The van der Waals surface area contributed by atoms with Gasteiger partial charge in [0.25, 0.3) is 5.91 Å². The third-order valence-corrected chi connectivity index (χ3v) is 5.50. The van der Waals surface area contributed by atoms with Crippen LogP contribution in [0.1, 0.15) is 18.1 Å². The van der Waals surface area contributed by atoms with Crippen molar-refractivity contribution in [3.63, 3.8) is 0 Å². The van der Waals surface area contributed by atoms with Crippen LogP contribution >= 0.6 is 23.4 Å². The van der Waals surface area contributed by atoms with Crippen molar-refractivity contribution >= 4 is 46.4 Å². The Balaban J connectivity index is 1.65. The molecule has 0 radical (unpaired) electrons. The molecule has 0 fully saturated rings. The number of carbonyl (C=O) groups excluding carboxylic acids is 1. The van der Waals surface area contributed by atoms with Gasteiger partial charge in [-0.25, -0.2) is 10.4 Å². The summed E-state index contributed by atoms with van der Waals surface area (Å²) in [6.45, 7) is 3.87. The highest BCUT2D eigenvalue weighted by atomic mass is 35.5. The molecule has 0 aliphatic rings. The Bertz CT molecular complexity index is 1020. The average Bonchev–Trinajstić information content (AvgIpc) is 2.69. The molecule has 28 heavy (non-hydrogen) atoms. The van der Waals surface area contributed by atoms with Gasteiger partial charge in [-0.1, -0.05) is 29.3 Å². The third-order valence-electron chi connectivity index (χ3n) is 4.09. The van der Waals surface area contributed by atoms with Gasteiger partial charge in [-0.3, -0.25) is 4.79 Å². The molecule has 0 unspecified atom stereocenters. The fraction of sp³-hybridized carbons (Fsp3) is 0.190. The van der Waals surface area contributed by atoms with E-state index in [1.807, 2.05) is 62.4 Å². The van der Waals surface area contributed by atoms with E-state index in [0.29, 0.717) is 16.5 Å². The number of ether oxygens (including phenoxy) is 1. The Morgan fingerprint density at radius 1 is 1.25 bits per heavy atom. The van der Waals surface area contributed by atoms with Gasteiger partial charge in [0.2, 0.25) is 0 Å². The maximum Gasteiger partial charge on any atom is 0.253 e. The number of nitrogens with one attached hydrogen (secondary N) is 1. The predicted octanol–water partition coefficient (Wildman–Crippen LogP) is 4.84. The fourth-order valence-corrected chi connectivity index (χ4v) is 3.54. The summed E-state index contributed by atoms with van der Waals surface area (Å²) in [5, 5.41) is 4.96. The van der Waals surface area contributed by atoms with E-state index in [1.165, 1.54) is 23.5 Å². The van der Waals surface area contributed by atoms with Crippen molar-refractivity contribution in [2.45, 2.75) is 24.0 Å². The molecular weight excluding hydrogens is 394 g/mol. The van der Waals surface area contributed by atoms with E-state index >= 15 is 0 Å². The lowest BCUT2D eigenvalue weighted by atomic mass is 10.1. The van der Waals surface area contributed by atoms with Crippen LogP contribution in [0.5, 0.6) is 5.75 Å². The van der Waals surface area contributed by atoms with Crippen LogP contribution in [-0.2, 0) is 4.79 Å². The maximum atomic E-state index is 12.3. The lowest BCUT2D eigenvalue weighted by molar-refractivity contribution is -0.120. The van der Waals surface area contributed by atoms with Crippen molar-refractivity contribution in [2.24, 2.45) is 5.10 Å². The molecule has 0 spiro atoms. The summed E-state index contributed by atoms with van der Waals surface area (Å²) >= 11 is 7.72. The first-order valence-electron chi connectivity index (χ1n) is 8.67. The molecule has 1 N–H and O–H groups in total. The normalized spacial score (nSPS) is 12.3. The minimum absolute atomic E-state index is 0.184. The lowest BCUT2D eigenvalue weighted by Crippen LogP contribution is -2.26. The first-order chi connectivity index (χ1) is 13.5. The number of halogens is 1. The highest BCUT2D eigenvalue weighted by Gasteiger charge is 2.13. The van der Waals surface area contributed by atoms with Gasteiger partial charge in [0, 0.05) is 21.9 Å². The summed E-state index contributed by atoms with van der Waals surface area (Å²) < 4.78 is 5.20. The van der Waals surface area contributed by atoms with Gasteiger partial charge >= 0.3 is 0 Å². The first-order valence-corrected chi connectivity index (χ1v) is 9.92. The number of pyridine rings is 1. The highest BCUT2D eigenvalue weighted by Crippen LogP contribution is 2.24. The second-order valence-corrected chi connectivity index (χ2v) is 8.01. The van der Waals surface area contributed by atoms with E-state index in [9.17, 15) is 4.79 Å². The Morgan fingerprint density at radius 3 is 2.71 bits per heavy atom. The Kier molecular flexibility index (Phi) is 6.54. The number of nitrogens with zero attached hydrogens (tertiary/aromatic N) is 2. The Hall–Kier alpha value is -2.57. The van der Waals surface area contributed by atoms with Crippen molar-refractivity contribution in [3.8, 4) is 5.75 Å². The van der Waals surface area contributed by atoms with Crippen molar-refractivity contribution in [1.29, 1.82) is 0 Å². The molecule has 7 heteroatoms. The van der Waals surface area contributed by atoms with Crippen molar-refractivity contribution in [3.05, 3.63) is 64.8 Å². The number of aromatic nitrogens is 1. The van der Waals surface area contributed by atoms with Gasteiger partial charge in [0.15, 0.2) is 0 Å². The molecule has 0 bridgehead atoms. The SMILES string of the molecule is COc1ccc2cc(/C=N\NC(=O)[C@H](C)Sc3ccc(C)cc3)c(Cl)nc2c1. The monoisotopic (exact) mass is 413 g/mol. The van der Waals surface area contributed by atoms with Gasteiger partial charge in [-0.2, -0.15) is 5.10 Å². The topological polar surface area (TPSA) is 63.6 Å². The maximum absolute atomic E-state index is 12.3. The summed E-state index contributed by atoms with van der Waals surface area (Å²) in [4.78, 5) is 17.7. The van der Waals surface area contributed by atoms with Gasteiger partial charge in [0.1, 0.15) is 10.9 Å². The molecule has 0 aliphatic heterocycles. The van der Waals surface area contributed by atoms with Crippen LogP contribution in [0.3, 0.4) is 0 Å². The molecular formula is C21H20ClN3O2S.